The Bertz CT molecular complexity index is 660. The maximum Gasteiger partial charge on any atom is 0.255 e. The van der Waals surface area contributed by atoms with Crippen LogP contribution in [0.1, 0.15) is 63.6 Å². The van der Waals surface area contributed by atoms with Gasteiger partial charge in [0.15, 0.2) is 5.82 Å². The average Bonchev–Trinajstić information content (AvgIpc) is 3.03. The lowest BCUT2D eigenvalue weighted by Gasteiger charge is -2.30. The second-order valence-electron chi connectivity index (χ2n) is 7.41. The van der Waals surface area contributed by atoms with Gasteiger partial charge in [-0.05, 0) is 12.8 Å². The fourth-order valence-corrected chi connectivity index (χ4v) is 3.68. The quantitative estimate of drug-likeness (QED) is 0.589. The molecule has 29 heavy (non-hydrogen) atoms. The molecule has 0 atom stereocenters. The molecule has 1 aliphatic rings. The largest absolute Gasteiger partial charge is 0.383 e. The van der Waals surface area contributed by atoms with Gasteiger partial charge in [0.05, 0.1) is 13.2 Å². The van der Waals surface area contributed by atoms with E-state index in [-0.39, 0.29) is 37.8 Å². The minimum absolute atomic E-state index is 0.0226. The molecule has 0 spiro atoms. The second kappa shape index (κ2) is 11.2. The molecule has 0 radical (unpaired) electrons. The summed E-state index contributed by atoms with van der Waals surface area (Å²) in [5, 5.41) is 7.06. The summed E-state index contributed by atoms with van der Waals surface area (Å²) in [6.45, 7) is 1.11. The molecule has 0 bridgehead atoms. The number of hydrogen-bond acceptors (Lipinski definition) is 6. The predicted octanol–water partition coefficient (Wildman–Crippen LogP) is 2.43. The summed E-state index contributed by atoms with van der Waals surface area (Å²) in [6, 6.07) is 0. The minimum Gasteiger partial charge on any atom is -0.383 e. The third kappa shape index (κ3) is 7.02. The van der Waals surface area contributed by atoms with Crippen LogP contribution in [0, 0.1) is 0 Å². The van der Waals surface area contributed by atoms with Crippen molar-refractivity contribution >= 4 is 11.8 Å². The topological polar surface area (TPSA) is 97.6 Å². The molecule has 1 N–H and O–H groups in total. The van der Waals surface area contributed by atoms with E-state index in [0.717, 1.165) is 43.4 Å². The standard InChI is InChI=1S/C19H30F2N4O4/c1-14(26)23-19(9-5-3-4-6-10-19)18-22-16(29-24-18)7-8-17(27)25(11-12-28-2)13-15(20)21/h15H,3-13H2,1-2H3,(H,23,26). The van der Waals surface area contributed by atoms with E-state index < -0.39 is 24.4 Å². The van der Waals surface area contributed by atoms with Gasteiger partial charge in [-0.3, -0.25) is 9.59 Å². The highest BCUT2D eigenvalue weighted by molar-refractivity contribution is 5.76. The number of alkyl halides is 2. The van der Waals surface area contributed by atoms with E-state index >= 15 is 0 Å². The van der Waals surface area contributed by atoms with Crippen LogP contribution in [0.2, 0.25) is 0 Å². The molecule has 1 aromatic rings. The predicted molar refractivity (Wildman–Crippen MR) is 100 cm³/mol. The molecule has 2 amide bonds. The fraction of sp³-hybridized carbons (Fsp3) is 0.789. The Morgan fingerprint density at radius 1 is 1.28 bits per heavy atom. The van der Waals surface area contributed by atoms with Gasteiger partial charge in [0.25, 0.3) is 6.43 Å². The Balaban J connectivity index is 2.03. The van der Waals surface area contributed by atoms with Gasteiger partial charge in [0, 0.05) is 33.4 Å². The first kappa shape index (κ1) is 23.2. The van der Waals surface area contributed by atoms with E-state index in [1.54, 1.807) is 0 Å². The molecule has 1 heterocycles. The first-order chi connectivity index (χ1) is 13.9. The van der Waals surface area contributed by atoms with Gasteiger partial charge in [0.2, 0.25) is 17.7 Å². The maximum atomic E-state index is 12.7. The smallest absolute Gasteiger partial charge is 0.255 e. The first-order valence-corrected chi connectivity index (χ1v) is 10.0. The number of hydrogen-bond donors (Lipinski definition) is 1. The molecule has 1 aromatic heterocycles. The molecule has 0 saturated heterocycles. The maximum absolute atomic E-state index is 12.7. The van der Waals surface area contributed by atoms with Crippen molar-refractivity contribution in [2.75, 3.05) is 26.8 Å². The normalized spacial score (nSPS) is 16.4. The molecule has 1 saturated carbocycles. The van der Waals surface area contributed by atoms with Crippen molar-refractivity contribution in [1.29, 1.82) is 0 Å². The van der Waals surface area contributed by atoms with Crippen molar-refractivity contribution in [3.05, 3.63) is 11.7 Å². The fourth-order valence-electron chi connectivity index (χ4n) is 3.68. The van der Waals surface area contributed by atoms with Gasteiger partial charge in [-0.2, -0.15) is 4.98 Å². The number of nitrogens with zero attached hydrogens (tertiary/aromatic N) is 3. The molecule has 164 valence electrons. The highest BCUT2D eigenvalue weighted by Gasteiger charge is 2.38. The van der Waals surface area contributed by atoms with Crippen molar-refractivity contribution in [3.63, 3.8) is 0 Å². The third-order valence-corrected chi connectivity index (χ3v) is 5.10. The van der Waals surface area contributed by atoms with Crippen LogP contribution in [0.4, 0.5) is 8.78 Å². The van der Waals surface area contributed by atoms with Crippen molar-refractivity contribution in [2.24, 2.45) is 0 Å². The van der Waals surface area contributed by atoms with Crippen LogP contribution < -0.4 is 5.32 Å². The van der Waals surface area contributed by atoms with Crippen molar-refractivity contribution < 1.29 is 27.6 Å². The van der Waals surface area contributed by atoms with Crippen molar-refractivity contribution in [2.45, 2.75) is 70.3 Å². The number of aryl methyl sites for hydroxylation is 1. The molecule has 2 rings (SSSR count). The lowest BCUT2D eigenvalue weighted by Crippen LogP contribution is -2.45. The van der Waals surface area contributed by atoms with E-state index in [1.807, 2.05) is 0 Å². The third-order valence-electron chi connectivity index (χ3n) is 5.10. The van der Waals surface area contributed by atoms with Gasteiger partial charge < -0.3 is 19.5 Å². The Kier molecular flexibility index (Phi) is 8.94. The van der Waals surface area contributed by atoms with E-state index in [9.17, 15) is 18.4 Å². The number of carbonyl (C=O) groups is 2. The highest BCUT2D eigenvalue weighted by atomic mass is 19.3. The molecule has 1 aliphatic carbocycles. The molecule has 10 heteroatoms. The summed E-state index contributed by atoms with van der Waals surface area (Å²) in [5.41, 5.74) is -0.658. The first-order valence-electron chi connectivity index (χ1n) is 10.0. The van der Waals surface area contributed by atoms with Crippen LogP contribution in [0.5, 0.6) is 0 Å². The summed E-state index contributed by atoms with van der Waals surface area (Å²) in [5.74, 6) is 0.0919. The van der Waals surface area contributed by atoms with E-state index in [4.69, 9.17) is 9.26 Å². The lowest BCUT2D eigenvalue weighted by atomic mass is 9.89. The van der Waals surface area contributed by atoms with E-state index in [2.05, 4.69) is 15.5 Å². The number of aromatic nitrogens is 2. The Morgan fingerprint density at radius 3 is 2.55 bits per heavy atom. The van der Waals surface area contributed by atoms with Crippen LogP contribution in [-0.2, 0) is 26.3 Å². The second-order valence-corrected chi connectivity index (χ2v) is 7.41. The summed E-state index contributed by atoms with van der Waals surface area (Å²) >= 11 is 0. The zero-order valence-corrected chi connectivity index (χ0v) is 17.1. The van der Waals surface area contributed by atoms with Crippen LogP contribution >= 0.6 is 0 Å². The van der Waals surface area contributed by atoms with Crippen LogP contribution in [0.15, 0.2) is 4.52 Å². The summed E-state index contributed by atoms with van der Waals surface area (Å²) in [4.78, 5) is 29.6. The molecule has 1 fully saturated rings. The summed E-state index contributed by atoms with van der Waals surface area (Å²) in [6.07, 6.45) is 3.03. The SMILES string of the molecule is COCCN(CC(F)F)C(=O)CCc1nc(C2(NC(C)=O)CCCCCC2)no1. The van der Waals surface area contributed by atoms with Gasteiger partial charge in [-0.1, -0.05) is 30.8 Å². The Hall–Kier alpha value is -2.10. The zero-order chi connectivity index (χ0) is 21.3. The number of halogens is 2. The summed E-state index contributed by atoms with van der Waals surface area (Å²) < 4.78 is 35.6. The van der Waals surface area contributed by atoms with Crippen LogP contribution in [0.25, 0.3) is 0 Å². The lowest BCUT2D eigenvalue weighted by molar-refractivity contribution is -0.133. The Morgan fingerprint density at radius 2 is 1.97 bits per heavy atom. The Labute approximate surface area is 169 Å². The zero-order valence-electron chi connectivity index (χ0n) is 17.1. The van der Waals surface area contributed by atoms with Gasteiger partial charge >= 0.3 is 0 Å². The molecule has 0 aliphatic heterocycles. The van der Waals surface area contributed by atoms with Crippen LogP contribution in [0.3, 0.4) is 0 Å². The molecule has 8 nitrogen and oxygen atoms in total. The van der Waals surface area contributed by atoms with Gasteiger partial charge in [-0.25, -0.2) is 8.78 Å². The summed E-state index contributed by atoms with van der Waals surface area (Å²) in [7, 11) is 1.45. The molecule has 0 unspecified atom stereocenters. The average molecular weight is 416 g/mol. The highest BCUT2D eigenvalue weighted by Crippen LogP contribution is 2.34. The minimum atomic E-state index is -2.61. The van der Waals surface area contributed by atoms with Gasteiger partial charge in [0.1, 0.15) is 5.54 Å². The molecule has 0 aromatic carbocycles. The monoisotopic (exact) mass is 416 g/mol. The molecular formula is C19H30F2N4O4. The number of methoxy groups -OCH3 is 1. The van der Waals surface area contributed by atoms with E-state index in [0.29, 0.717) is 5.82 Å². The number of carbonyl (C=O) groups excluding carboxylic acids is 2. The van der Waals surface area contributed by atoms with Gasteiger partial charge in [-0.15, -0.1) is 0 Å². The van der Waals surface area contributed by atoms with Crippen molar-refractivity contribution in [1.82, 2.24) is 20.4 Å². The number of amides is 2. The molecular weight excluding hydrogens is 386 g/mol. The number of nitrogens with one attached hydrogen (secondary N) is 1. The van der Waals surface area contributed by atoms with E-state index in [1.165, 1.54) is 14.0 Å². The van der Waals surface area contributed by atoms with Crippen LogP contribution in [-0.4, -0.2) is 60.1 Å². The number of ether oxygens (including phenoxy) is 1. The van der Waals surface area contributed by atoms with Crippen molar-refractivity contribution in [3.8, 4) is 0 Å². The number of rotatable bonds is 10.